The number of aliphatic carboxylic acids is 1. The van der Waals surface area contributed by atoms with Crippen LogP contribution in [-0.4, -0.2) is 209 Å². The van der Waals surface area contributed by atoms with Gasteiger partial charge in [-0.05, 0) is 33.1 Å². The first-order valence-corrected chi connectivity index (χ1v) is 21.8. The van der Waals surface area contributed by atoms with Gasteiger partial charge in [0, 0.05) is 6.42 Å². The van der Waals surface area contributed by atoms with E-state index in [0.29, 0.717) is 19.3 Å². The molecule has 21 atom stereocenters. The molecule has 0 aliphatic carbocycles. The molecule has 0 aromatic carbocycles. The van der Waals surface area contributed by atoms with Gasteiger partial charge in [-0.1, -0.05) is 64.7 Å². The van der Waals surface area contributed by atoms with E-state index in [1.54, 1.807) is 0 Å². The fraction of sp³-hybridized carbons (Fsp3) is 0.975. The Balaban J connectivity index is 1.60. The summed E-state index contributed by atoms with van der Waals surface area (Å²) in [6.45, 7) is 3.32. The monoisotopic (exact) mass is 888 g/mol. The highest BCUT2D eigenvalue weighted by Crippen LogP contribution is 2.37. The summed E-state index contributed by atoms with van der Waals surface area (Å²) in [6.07, 6.45) is -23.2. The van der Waals surface area contributed by atoms with Crippen molar-refractivity contribution in [3.05, 3.63) is 0 Å². The maximum atomic E-state index is 11.5. The van der Waals surface area contributed by atoms with E-state index in [4.69, 9.17) is 43.0 Å². The Bertz CT molecular complexity index is 1250. The lowest BCUT2D eigenvalue weighted by Gasteiger charge is -2.50. The summed E-state index contributed by atoms with van der Waals surface area (Å²) >= 11 is 0. The lowest BCUT2D eigenvalue weighted by molar-refractivity contribution is -0.409. The van der Waals surface area contributed by atoms with E-state index >= 15 is 0 Å². The highest BCUT2D eigenvalue weighted by atomic mass is 16.8. The zero-order valence-electron chi connectivity index (χ0n) is 35.3. The number of aliphatic hydroxyl groups is 11. The van der Waals surface area contributed by atoms with Gasteiger partial charge < -0.3 is 99.2 Å². The van der Waals surface area contributed by atoms with E-state index in [1.165, 1.54) is 13.8 Å². The van der Waals surface area contributed by atoms with Crippen LogP contribution in [0.4, 0.5) is 0 Å². The number of ether oxygens (including phenoxy) is 8. The van der Waals surface area contributed by atoms with Crippen molar-refractivity contribution in [2.75, 3.05) is 13.2 Å². The SMILES string of the molecule is CCCCC[C@@H](CCCCCCCCCC(=O)O)O[C@@H]1O[C@H](C)[C@@H](O)[C@H](O)[C@H]1O[C@@H]1O[C@H](CO)[C@@H](O)[C@H](O[C@@H]2O[C@H](CO)[C@@H](O)[C@H](O)[C@H]2O)[C@H]1O[C@@H]1O[C@@H](C)[C@H](O)[C@H](O)[C@H]1O. The Morgan fingerprint density at radius 3 is 1.54 bits per heavy atom. The second-order valence-corrected chi connectivity index (χ2v) is 16.7. The van der Waals surface area contributed by atoms with Gasteiger partial charge in [-0.3, -0.25) is 4.79 Å². The average Bonchev–Trinajstić information content (AvgIpc) is 3.23. The number of carbonyl (C=O) groups is 1. The quantitative estimate of drug-likeness (QED) is 0.0461. The summed E-state index contributed by atoms with van der Waals surface area (Å²) < 4.78 is 48.3. The summed E-state index contributed by atoms with van der Waals surface area (Å²) in [4.78, 5) is 10.8. The standard InChI is InChI=1S/C40H72O21/c1-4-5-11-14-21(15-12-9-7-6-8-10-13-16-24(43)44)56-39-35(31(51)26(46)20(3)55-39)60-40-36(61-37-32(52)29(49)25(45)19(2)54-37)34(28(48)23(18-42)58-40)59-38-33(53)30(50)27(47)22(17-41)57-38/h19-23,25-42,45-53H,4-18H2,1-3H3,(H,43,44)/t19-,20+,21-,22+,23+,25-,26+,27+,28+,29-,30-,31-,32+,33+,34-,35+,36+,37-,38-,39-,40-/m0/s1. The third-order valence-electron chi connectivity index (χ3n) is 12.0. The van der Waals surface area contributed by atoms with Crippen molar-refractivity contribution in [3.63, 3.8) is 0 Å². The molecule has 4 saturated heterocycles. The predicted octanol–water partition coefficient (Wildman–Crippen LogP) is -2.12. The molecule has 4 rings (SSSR count). The molecule has 4 fully saturated rings. The van der Waals surface area contributed by atoms with Crippen molar-refractivity contribution in [2.45, 2.75) is 233 Å². The molecule has 0 spiro atoms. The number of hydrogen-bond acceptors (Lipinski definition) is 20. The maximum Gasteiger partial charge on any atom is 0.303 e. The van der Waals surface area contributed by atoms with Crippen molar-refractivity contribution in [3.8, 4) is 0 Å². The number of aliphatic hydroxyl groups excluding tert-OH is 11. The summed E-state index contributed by atoms with van der Waals surface area (Å²) in [5.41, 5.74) is 0. The van der Waals surface area contributed by atoms with Crippen LogP contribution in [0.1, 0.15) is 104 Å². The highest BCUT2D eigenvalue weighted by Gasteiger charge is 2.56. The number of carboxylic acids is 1. The number of unbranched alkanes of at least 4 members (excludes halogenated alkanes) is 8. The first-order valence-electron chi connectivity index (χ1n) is 21.8. The normalized spacial score (nSPS) is 42.7. The molecule has 0 radical (unpaired) electrons. The largest absolute Gasteiger partial charge is 0.481 e. The fourth-order valence-electron chi connectivity index (χ4n) is 8.10. The van der Waals surface area contributed by atoms with Crippen molar-refractivity contribution >= 4 is 5.97 Å². The van der Waals surface area contributed by atoms with Gasteiger partial charge in [-0.25, -0.2) is 0 Å². The van der Waals surface area contributed by atoms with Crippen LogP contribution in [0.15, 0.2) is 0 Å². The van der Waals surface area contributed by atoms with Crippen LogP contribution < -0.4 is 0 Å². The zero-order valence-corrected chi connectivity index (χ0v) is 35.3. The molecular weight excluding hydrogens is 816 g/mol. The molecule has 0 unspecified atom stereocenters. The molecule has 21 heteroatoms. The Morgan fingerprint density at radius 2 is 0.951 bits per heavy atom. The van der Waals surface area contributed by atoms with Crippen molar-refractivity contribution in [1.29, 1.82) is 0 Å². The summed E-state index contributed by atoms with van der Waals surface area (Å²) in [6, 6.07) is 0. The van der Waals surface area contributed by atoms with Gasteiger partial charge in [0.25, 0.3) is 0 Å². The molecule has 358 valence electrons. The van der Waals surface area contributed by atoms with Gasteiger partial charge in [-0.15, -0.1) is 0 Å². The Hall–Kier alpha value is -1.29. The molecule has 0 amide bonds. The Morgan fingerprint density at radius 1 is 0.492 bits per heavy atom. The molecule has 4 aliphatic heterocycles. The van der Waals surface area contributed by atoms with E-state index in [2.05, 4.69) is 6.92 Å². The van der Waals surface area contributed by atoms with Gasteiger partial charge in [0.2, 0.25) is 0 Å². The first-order chi connectivity index (χ1) is 29.0. The zero-order chi connectivity index (χ0) is 45.0. The van der Waals surface area contributed by atoms with Crippen LogP contribution >= 0.6 is 0 Å². The average molecular weight is 889 g/mol. The summed E-state index contributed by atoms with van der Waals surface area (Å²) in [7, 11) is 0. The van der Waals surface area contributed by atoms with Crippen LogP contribution in [0.25, 0.3) is 0 Å². The van der Waals surface area contributed by atoms with Crippen molar-refractivity contribution < 1.29 is 104 Å². The fourth-order valence-corrected chi connectivity index (χ4v) is 8.10. The summed E-state index contributed by atoms with van der Waals surface area (Å²) in [5, 5.41) is 127. The highest BCUT2D eigenvalue weighted by molar-refractivity contribution is 5.66. The Labute approximate surface area is 356 Å². The lowest BCUT2D eigenvalue weighted by atomic mass is 9.95. The van der Waals surface area contributed by atoms with Crippen molar-refractivity contribution in [2.24, 2.45) is 0 Å². The van der Waals surface area contributed by atoms with Gasteiger partial charge in [0.1, 0.15) is 85.5 Å². The molecule has 21 nitrogen and oxygen atoms in total. The summed E-state index contributed by atoms with van der Waals surface area (Å²) in [5.74, 6) is -0.802. The minimum absolute atomic E-state index is 0.155. The van der Waals surface area contributed by atoms with E-state index in [0.717, 1.165) is 57.8 Å². The molecular formula is C40H72O21. The smallest absolute Gasteiger partial charge is 0.303 e. The molecule has 0 aromatic heterocycles. The lowest BCUT2D eigenvalue weighted by Crippen LogP contribution is -2.68. The second-order valence-electron chi connectivity index (χ2n) is 16.7. The van der Waals surface area contributed by atoms with E-state index in [9.17, 15) is 61.0 Å². The topological polar surface area (TPSA) is 334 Å². The van der Waals surface area contributed by atoms with Crippen molar-refractivity contribution in [1.82, 2.24) is 0 Å². The van der Waals surface area contributed by atoms with Gasteiger partial charge in [0.05, 0.1) is 31.5 Å². The van der Waals surface area contributed by atoms with Gasteiger partial charge >= 0.3 is 5.97 Å². The molecule has 4 aliphatic rings. The van der Waals surface area contributed by atoms with Crippen LogP contribution in [0.2, 0.25) is 0 Å². The predicted molar refractivity (Wildman–Crippen MR) is 207 cm³/mol. The van der Waals surface area contributed by atoms with Crippen LogP contribution in [0.5, 0.6) is 0 Å². The van der Waals surface area contributed by atoms with Gasteiger partial charge in [0.15, 0.2) is 25.2 Å². The number of hydrogen-bond donors (Lipinski definition) is 12. The van der Waals surface area contributed by atoms with E-state index in [1.807, 2.05) is 0 Å². The molecule has 0 saturated carbocycles. The van der Waals surface area contributed by atoms with Crippen LogP contribution in [-0.2, 0) is 42.7 Å². The number of rotatable bonds is 24. The van der Waals surface area contributed by atoms with Crippen LogP contribution in [0.3, 0.4) is 0 Å². The van der Waals surface area contributed by atoms with Crippen LogP contribution in [0, 0.1) is 0 Å². The molecule has 61 heavy (non-hydrogen) atoms. The Kier molecular flexibility index (Phi) is 21.8. The van der Waals surface area contributed by atoms with E-state index < -0.39 is 142 Å². The van der Waals surface area contributed by atoms with Gasteiger partial charge in [-0.2, -0.15) is 0 Å². The first kappa shape index (κ1) is 52.3. The maximum absolute atomic E-state index is 11.5. The molecule has 0 bridgehead atoms. The third kappa shape index (κ3) is 14.1. The molecule has 4 heterocycles. The third-order valence-corrected chi connectivity index (χ3v) is 12.0. The molecule has 0 aromatic rings. The minimum atomic E-state index is -1.97. The second kappa shape index (κ2) is 25.4. The minimum Gasteiger partial charge on any atom is -0.481 e. The van der Waals surface area contributed by atoms with E-state index in [-0.39, 0.29) is 12.5 Å². The number of carboxylic acid groups (broad SMARTS) is 1. The molecule has 12 N–H and O–H groups in total.